The van der Waals surface area contributed by atoms with Crippen LogP contribution in [0.1, 0.15) is 63.5 Å². The van der Waals surface area contributed by atoms with Crippen LogP contribution in [0.15, 0.2) is 30.0 Å². The van der Waals surface area contributed by atoms with Gasteiger partial charge >= 0.3 is 0 Å². The average molecular weight is 302 g/mol. The highest BCUT2D eigenvalue weighted by Gasteiger charge is 2.25. The zero-order chi connectivity index (χ0) is 15.9. The zero-order valence-electron chi connectivity index (χ0n) is 14.2. The second kappa shape index (κ2) is 8.20. The van der Waals surface area contributed by atoms with Crippen molar-refractivity contribution in [1.82, 2.24) is 15.7 Å². The molecule has 2 rings (SSSR count). The predicted octanol–water partition coefficient (Wildman–Crippen LogP) is 3.95. The van der Waals surface area contributed by atoms with Crippen LogP contribution in [0.5, 0.6) is 0 Å². The van der Waals surface area contributed by atoms with Crippen molar-refractivity contribution in [2.45, 2.75) is 59.3 Å². The van der Waals surface area contributed by atoms with Gasteiger partial charge in [0, 0.05) is 12.1 Å². The van der Waals surface area contributed by atoms with Gasteiger partial charge in [0.15, 0.2) is 0 Å². The molecular weight excluding hydrogens is 272 g/mol. The van der Waals surface area contributed by atoms with Crippen LogP contribution in [-0.2, 0) is 0 Å². The molecule has 1 heterocycles. The van der Waals surface area contributed by atoms with Gasteiger partial charge in [0.1, 0.15) is 0 Å². The number of nitrogens with two attached hydrogens (primary N) is 1. The zero-order valence-corrected chi connectivity index (χ0v) is 14.2. The van der Waals surface area contributed by atoms with E-state index < -0.39 is 0 Å². The third-order valence-electron chi connectivity index (χ3n) is 4.34. The van der Waals surface area contributed by atoms with Crippen LogP contribution in [0.4, 0.5) is 0 Å². The molecule has 0 bridgehead atoms. The molecule has 4 heteroatoms. The van der Waals surface area contributed by atoms with Crippen molar-refractivity contribution in [3.05, 3.63) is 41.1 Å². The molecule has 0 amide bonds. The third kappa shape index (κ3) is 4.02. The highest BCUT2D eigenvalue weighted by Crippen LogP contribution is 2.26. The fourth-order valence-electron chi connectivity index (χ4n) is 2.87. The van der Waals surface area contributed by atoms with Gasteiger partial charge in [-0.1, -0.05) is 63.3 Å². The molecule has 0 spiro atoms. The number of nitrogens with one attached hydrogen (secondary N) is 1. The summed E-state index contributed by atoms with van der Waals surface area (Å²) >= 11 is 0. The van der Waals surface area contributed by atoms with E-state index in [0.29, 0.717) is 0 Å². The first-order valence-corrected chi connectivity index (χ1v) is 8.51. The molecule has 4 nitrogen and oxygen atoms in total. The molecule has 0 aliphatic carbocycles. The molecule has 1 aliphatic rings. The first-order chi connectivity index (χ1) is 10.6. The van der Waals surface area contributed by atoms with E-state index in [4.69, 9.17) is 5.84 Å². The van der Waals surface area contributed by atoms with E-state index in [-0.39, 0.29) is 0 Å². The number of hydrogen-bond acceptors (Lipinski definition) is 4. The smallest absolute Gasteiger partial charge is 0.0803 e. The minimum atomic E-state index is 0.940. The predicted molar refractivity (Wildman–Crippen MR) is 93.0 cm³/mol. The van der Waals surface area contributed by atoms with Crippen molar-refractivity contribution in [3.8, 4) is 0 Å². The maximum absolute atomic E-state index is 6.20. The maximum atomic E-state index is 6.20. The Labute approximate surface area is 134 Å². The summed E-state index contributed by atoms with van der Waals surface area (Å²) in [6.45, 7) is 7.39. The minimum Gasteiger partial charge on any atom is -0.298 e. The first kappa shape index (κ1) is 16.8. The van der Waals surface area contributed by atoms with Gasteiger partial charge in [-0.2, -0.15) is 0 Å². The molecular formula is C18H30N4. The summed E-state index contributed by atoms with van der Waals surface area (Å²) in [5, 5.41) is 3.77. The van der Waals surface area contributed by atoms with Crippen molar-refractivity contribution >= 4 is 5.70 Å². The second-order valence-electron chi connectivity index (χ2n) is 6.12. The fourth-order valence-corrected chi connectivity index (χ4v) is 2.87. The Bertz CT molecular complexity index is 510. The molecule has 0 saturated heterocycles. The van der Waals surface area contributed by atoms with Crippen molar-refractivity contribution < 1.29 is 0 Å². The van der Waals surface area contributed by atoms with Gasteiger partial charge in [-0.15, -0.1) is 5.12 Å². The lowest BCUT2D eigenvalue weighted by Gasteiger charge is -2.25. The topological polar surface area (TPSA) is 44.5 Å². The SMILES string of the molecule is CCCCCCCCN1NC(c2ccccc2C)=C(C)N1N. The number of allylic oxidation sites excluding steroid dienone is 1. The van der Waals surface area contributed by atoms with E-state index in [2.05, 4.69) is 50.5 Å². The Kier molecular flexibility index (Phi) is 6.28. The molecule has 22 heavy (non-hydrogen) atoms. The molecule has 0 saturated carbocycles. The van der Waals surface area contributed by atoms with Crippen molar-refractivity contribution in [2.24, 2.45) is 5.84 Å². The Hall–Kier alpha value is -1.52. The Balaban J connectivity index is 1.87. The molecule has 3 N–H and O–H groups in total. The fraction of sp³-hybridized carbons (Fsp3) is 0.556. The molecule has 0 atom stereocenters. The molecule has 0 radical (unpaired) electrons. The van der Waals surface area contributed by atoms with Gasteiger partial charge in [-0.25, -0.2) is 11.0 Å². The van der Waals surface area contributed by atoms with Crippen molar-refractivity contribution in [1.29, 1.82) is 0 Å². The lowest BCUT2D eigenvalue weighted by molar-refractivity contribution is -0.00405. The highest BCUT2D eigenvalue weighted by molar-refractivity contribution is 5.69. The number of hydrogen-bond donors (Lipinski definition) is 2. The Morgan fingerprint density at radius 1 is 1.00 bits per heavy atom. The van der Waals surface area contributed by atoms with Crippen LogP contribution in [0, 0.1) is 6.92 Å². The number of unbranched alkanes of at least 4 members (excludes halogenated alkanes) is 5. The van der Waals surface area contributed by atoms with Crippen LogP contribution in [0.3, 0.4) is 0 Å². The van der Waals surface area contributed by atoms with E-state index in [1.807, 2.05) is 5.12 Å². The van der Waals surface area contributed by atoms with Gasteiger partial charge in [0.25, 0.3) is 0 Å². The van der Waals surface area contributed by atoms with Crippen LogP contribution in [-0.4, -0.2) is 16.8 Å². The standard InChI is InChI=1S/C18H30N4/c1-4-5-6-7-8-11-14-21-20-18(16(3)22(21)19)17-13-10-9-12-15(17)2/h9-10,12-13,20H,4-8,11,14,19H2,1-3H3. The van der Waals surface area contributed by atoms with Gasteiger partial charge in [0.2, 0.25) is 0 Å². The average Bonchev–Trinajstić information content (AvgIpc) is 2.79. The van der Waals surface area contributed by atoms with Gasteiger partial charge in [-0.3, -0.25) is 5.43 Å². The maximum Gasteiger partial charge on any atom is 0.0803 e. The summed E-state index contributed by atoms with van der Waals surface area (Å²) < 4.78 is 0. The molecule has 1 aliphatic heterocycles. The summed E-state index contributed by atoms with van der Waals surface area (Å²) in [6, 6.07) is 8.41. The van der Waals surface area contributed by atoms with Gasteiger partial charge in [-0.05, 0) is 25.8 Å². The molecule has 0 aromatic heterocycles. The van der Waals surface area contributed by atoms with Crippen LogP contribution in [0.25, 0.3) is 5.70 Å². The molecule has 1 aromatic rings. The molecule has 0 unspecified atom stereocenters. The van der Waals surface area contributed by atoms with Crippen LogP contribution < -0.4 is 11.3 Å². The summed E-state index contributed by atoms with van der Waals surface area (Å²) in [7, 11) is 0. The van der Waals surface area contributed by atoms with E-state index in [1.54, 1.807) is 5.12 Å². The van der Waals surface area contributed by atoms with Crippen molar-refractivity contribution in [3.63, 3.8) is 0 Å². The Morgan fingerprint density at radius 2 is 1.68 bits per heavy atom. The highest BCUT2D eigenvalue weighted by atomic mass is 15.9. The van der Waals surface area contributed by atoms with E-state index in [0.717, 1.165) is 17.9 Å². The number of aryl methyl sites for hydroxylation is 1. The molecule has 1 aromatic carbocycles. The number of nitrogens with zero attached hydrogens (tertiary/aromatic N) is 2. The Morgan fingerprint density at radius 3 is 2.41 bits per heavy atom. The van der Waals surface area contributed by atoms with E-state index >= 15 is 0 Å². The number of hydrazine groups is 3. The normalized spacial score (nSPS) is 15.5. The second-order valence-corrected chi connectivity index (χ2v) is 6.12. The lowest BCUT2D eigenvalue weighted by atomic mass is 10.1. The van der Waals surface area contributed by atoms with Gasteiger partial charge < -0.3 is 0 Å². The van der Waals surface area contributed by atoms with Gasteiger partial charge in [0.05, 0.1) is 11.4 Å². The third-order valence-corrected chi connectivity index (χ3v) is 4.34. The minimum absolute atomic E-state index is 0.940. The monoisotopic (exact) mass is 302 g/mol. The van der Waals surface area contributed by atoms with Crippen LogP contribution in [0.2, 0.25) is 0 Å². The lowest BCUT2D eigenvalue weighted by Crippen LogP contribution is -2.47. The largest absolute Gasteiger partial charge is 0.298 e. The van der Waals surface area contributed by atoms with E-state index in [1.165, 1.54) is 49.7 Å². The van der Waals surface area contributed by atoms with Crippen LogP contribution >= 0.6 is 0 Å². The van der Waals surface area contributed by atoms with Crippen molar-refractivity contribution in [2.75, 3.05) is 6.54 Å². The summed E-state index contributed by atoms with van der Waals surface area (Å²) in [5.74, 6) is 6.20. The molecule has 122 valence electrons. The first-order valence-electron chi connectivity index (χ1n) is 8.51. The van der Waals surface area contributed by atoms with E-state index in [9.17, 15) is 0 Å². The summed E-state index contributed by atoms with van der Waals surface area (Å²) in [6.07, 6.45) is 7.76. The number of benzene rings is 1. The summed E-state index contributed by atoms with van der Waals surface area (Å²) in [4.78, 5) is 0. The molecule has 0 fully saturated rings. The number of rotatable bonds is 8. The quantitative estimate of drug-likeness (QED) is 0.563. The summed E-state index contributed by atoms with van der Waals surface area (Å²) in [5.41, 5.74) is 8.14.